The molecule has 4 rings (SSSR count). The maximum Gasteiger partial charge on any atom is 0.300 e. The van der Waals surface area contributed by atoms with Gasteiger partial charge in [-0.15, -0.1) is 0 Å². The molecule has 1 aliphatic rings. The van der Waals surface area contributed by atoms with E-state index < -0.39 is 17.7 Å². The molecule has 1 aliphatic heterocycles. The van der Waals surface area contributed by atoms with E-state index in [1.807, 2.05) is 32.0 Å². The molecule has 0 bridgehead atoms. The van der Waals surface area contributed by atoms with Gasteiger partial charge in [0.25, 0.3) is 11.7 Å². The molecule has 6 heteroatoms. The van der Waals surface area contributed by atoms with Crippen molar-refractivity contribution in [1.29, 1.82) is 0 Å². The molecule has 1 N–H and O–H groups in total. The molecule has 1 atom stereocenters. The first-order chi connectivity index (χ1) is 15.9. The Kier molecular flexibility index (Phi) is 5.92. The topological polar surface area (TPSA) is 76.1 Å². The van der Waals surface area contributed by atoms with E-state index in [0.717, 1.165) is 11.1 Å². The molecule has 1 saturated heterocycles. The SMILES string of the molecule is COc1cc(C)c(/C(O)=C2\C(=O)C(=O)N(c3ccccc3)C2c2ccccc2OC)cc1C. The first-order valence-corrected chi connectivity index (χ1v) is 10.5. The number of ketones is 1. The van der Waals surface area contributed by atoms with Crippen LogP contribution in [0.25, 0.3) is 5.76 Å². The molecule has 6 nitrogen and oxygen atoms in total. The summed E-state index contributed by atoms with van der Waals surface area (Å²) in [5.74, 6) is -0.499. The second-order valence-corrected chi connectivity index (χ2v) is 7.88. The molecule has 0 spiro atoms. The standard InChI is InChI=1S/C27H25NO5/c1-16-15-22(33-4)17(2)14-20(16)25(29)23-24(19-12-8-9-13-21(19)32-3)28(27(31)26(23)30)18-10-6-5-7-11-18/h5-15,24,29H,1-4H3/b25-23+. The van der Waals surface area contributed by atoms with Gasteiger partial charge in [0.05, 0.1) is 25.8 Å². The van der Waals surface area contributed by atoms with Crippen molar-refractivity contribution in [1.82, 2.24) is 0 Å². The van der Waals surface area contributed by atoms with Crippen LogP contribution in [0.5, 0.6) is 11.5 Å². The zero-order chi connectivity index (χ0) is 23.7. The lowest BCUT2D eigenvalue weighted by Crippen LogP contribution is -2.29. The Morgan fingerprint density at radius 3 is 2.15 bits per heavy atom. The van der Waals surface area contributed by atoms with Gasteiger partial charge in [0, 0.05) is 16.8 Å². The van der Waals surface area contributed by atoms with Crippen molar-refractivity contribution in [3.63, 3.8) is 0 Å². The Hall–Kier alpha value is -4.06. The number of nitrogens with zero attached hydrogens (tertiary/aromatic N) is 1. The van der Waals surface area contributed by atoms with Gasteiger partial charge >= 0.3 is 0 Å². The van der Waals surface area contributed by atoms with Gasteiger partial charge in [-0.1, -0.05) is 36.4 Å². The Bertz CT molecular complexity index is 1260. The minimum Gasteiger partial charge on any atom is -0.507 e. The van der Waals surface area contributed by atoms with Crippen LogP contribution in [0.1, 0.15) is 28.3 Å². The summed E-state index contributed by atoms with van der Waals surface area (Å²) >= 11 is 0. The Labute approximate surface area is 192 Å². The zero-order valence-corrected chi connectivity index (χ0v) is 19.0. The monoisotopic (exact) mass is 443 g/mol. The minimum absolute atomic E-state index is 0.0148. The normalized spacial score (nSPS) is 17.3. The van der Waals surface area contributed by atoms with E-state index in [1.54, 1.807) is 55.6 Å². The van der Waals surface area contributed by atoms with Crippen molar-refractivity contribution >= 4 is 23.1 Å². The Balaban J connectivity index is 2.01. The second kappa shape index (κ2) is 8.82. The van der Waals surface area contributed by atoms with Crippen LogP contribution in [0.3, 0.4) is 0 Å². The lowest BCUT2D eigenvalue weighted by Gasteiger charge is -2.26. The first kappa shape index (κ1) is 22.1. The molecule has 0 aromatic heterocycles. The van der Waals surface area contributed by atoms with Gasteiger partial charge in [-0.05, 0) is 55.3 Å². The van der Waals surface area contributed by atoms with Crippen LogP contribution in [0.2, 0.25) is 0 Å². The van der Waals surface area contributed by atoms with Crippen LogP contribution in [0.4, 0.5) is 5.69 Å². The fourth-order valence-electron chi connectivity index (χ4n) is 4.28. The molecule has 0 radical (unpaired) electrons. The molecule has 1 amide bonds. The highest BCUT2D eigenvalue weighted by atomic mass is 16.5. The van der Waals surface area contributed by atoms with Gasteiger partial charge in [0.2, 0.25) is 0 Å². The molecule has 0 saturated carbocycles. The maximum atomic E-state index is 13.3. The Morgan fingerprint density at radius 1 is 0.848 bits per heavy atom. The average molecular weight is 443 g/mol. The van der Waals surface area contributed by atoms with Gasteiger partial charge < -0.3 is 14.6 Å². The molecular weight excluding hydrogens is 418 g/mol. The van der Waals surface area contributed by atoms with E-state index in [1.165, 1.54) is 12.0 Å². The third-order valence-electron chi connectivity index (χ3n) is 5.91. The van der Waals surface area contributed by atoms with Crippen LogP contribution in [-0.4, -0.2) is 31.0 Å². The largest absolute Gasteiger partial charge is 0.507 e. The number of carbonyl (C=O) groups excluding carboxylic acids is 2. The third kappa shape index (κ3) is 3.74. The molecule has 3 aromatic carbocycles. The predicted octanol–water partition coefficient (Wildman–Crippen LogP) is 4.95. The summed E-state index contributed by atoms with van der Waals surface area (Å²) in [5, 5.41) is 11.4. The maximum absolute atomic E-state index is 13.3. The number of ether oxygens (including phenoxy) is 2. The molecule has 1 heterocycles. The highest BCUT2D eigenvalue weighted by Crippen LogP contribution is 2.45. The first-order valence-electron chi connectivity index (χ1n) is 10.5. The van der Waals surface area contributed by atoms with E-state index in [9.17, 15) is 14.7 Å². The van der Waals surface area contributed by atoms with Crippen molar-refractivity contribution in [3.8, 4) is 11.5 Å². The lowest BCUT2D eigenvalue weighted by atomic mass is 9.92. The number of aliphatic hydroxyl groups excluding tert-OH is 1. The summed E-state index contributed by atoms with van der Waals surface area (Å²) in [6.07, 6.45) is 0. The number of methoxy groups -OCH3 is 2. The van der Waals surface area contributed by atoms with Crippen LogP contribution in [0, 0.1) is 13.8 Å². The number of carbonyl (C=O) groups is 2. The van der Waals surface area contributed by atoms with E-state index >= 15 is 0 Å². The van der Waals surface area contributed by atoms with Crippen molar-refractivity contribution in [2.75, 3.05) is 19.1 Å². The molecule has 1 unspecified atom stereocenters. The average Bonchev–Trinajstić information content (AvgIpc) is 3.10. The van der Waals surface area contributed by atoms with Crippen LogP contribution >= 0.6 is 0 Å². The highest BCUT2D eigenvalue weighted by molar-refractivity contribution is 6.51. The molecular formula is C27H25NO5. The van der Waals surface area contributed by atoms with Crippen LogP contribution < -0.4 is 14.4 Å². The Morgan fingerprint density at radius 2 is 1.48 bits per heavy atom. The van der Waals surface area contributed by atoms with E-state index in [4.69, 9.17) is 9.47 Å². The second-order valence-electron chi connectivity index (χ2n) is 7.88. The van der Waals surface area contributed by atoms with Gasteiger partial charge in [-0.2, -0.15) is 0 Å². The fourth-order valence-corrected chi connectivity index (χ4v) is 4.28. The lowest BCUT2D eigenvalue weighted by molar-refractivity contribution is -0.132. The van der Waals surface area contributed by atoms with Gasteiger partial charge in [0.1, 0.15) is 17.3 Å². The quantitative estimate of drug-likeness (QED) is 0.343. The summed E-state index contributed by atoms with van der Waals surface area (Å²) in [6, 6.07) is 18.8. The summed E-state index contributed by atoms with van der Waals surface area (Å²) in [4.78, 5) is 28.0. The number of amides is 1. The number of hydrogen-bond acceptors (Lipinski definition) is 5. The minimum atomic E-state index is -0.856. The predicted molar refractivity (Wildman–Crippen MR) is 127 cm³/mol. The summed E-state index contributed by atoms with van der Waals surface area (Å²) in [7, 11) is 3.11. The number of hydrogen-bond donors (Lipinski definition) is 1. The number of para-hydroxylation sites is 2. The molecule has 1 fully saturated rings. The number of Topliss-reactive ketones (excluding diaryl/α,β-unsaturated/α-hetero) is 1. The third-order valence-corrected chi connectivity index (χ3v) is 5.91. The van der Waals surface area contributed by atoms with Crippen molar-refractivity contribution < 1.29 is 24.2 Å². The van der Waals surface area contributed by atoms with Gasteiger partial charge in [-0.3, -0.25) is 14.5 Å². The summed E-state index contributed by atoms with van der Waals surface area (Å²) in [6.45, 7) is 3.68. The smallest absolute Gasteiger partial charge is 0.300 e. The van der Waals surface area contributed by atoms with Crippen LogP contribution in [0.15, 0.2) is 72.3 Å². The number of aliphatic hydroxyl groups is 1. The van der Waals surface area contributed by atoms with Crippen LogP contribution in [-0.2, 0) is 9.59 Å². The number of anilines is 1. The van der Waals surface area contributed by atoms with Crippen molar-refractivity contribution in [3.05, 3.63) is 94.6 Å². The highest BCUT2D eigenvalue weighted by Gasteiger charge is 2.48. The van der Waals surface area contributed by atoms with E-state index in [-0.39, 0.29) is 11.3 Å². The summed E-state index contributed by atoms with van der Waals surface area (Å²) < 4.78 is 10.9. The molecule has 0 aliphatic carbocycles. The zero-order valence-electron chi connectivity index (χ0n) is 19.0. The molecule has 3 aromatic rings. The van der Waals surface area contributed by atoms with Crippen molar-refractivity contribution in [2.24, 2.45) is 0 Å². The van der Waals surface area contributed by atoms with Gasteiger partial charge in [-0.25, -0.2) is 0 Å². The molecule has 168 valence electrons. The summed E-state index contributed by atoms with van der Waals surface area (Å²) in [5.41, 5.74) is 3.17. The fraction of sp³-hybridized carbons (Fsp3) is 0.185. The number of rotatable bonds is 5. The van der Waals surface area contributed by atoms with Gasteiger partial charge in [0.15, 0.2) is 0 Å². The number of benzene rings is 3. The molecule has 33 heavy (non-hydrogen) atoms. The van der Waals surface area contributed by atoms with E-state index in [0.29, 0.717) is 28.3 Å². The van der Waals surface area contributed by atoms with E-state index in [2.05, 4.69) is 0 Å². The number of aryl methyl sites for hydroxylation is 2. The van der Waals surface area contributed by atoms with Crippen molar-refractivity contribution in [2.45, 2.75) is 19.9 Å².